The molecule has 0 aliphatic heterocycles. The summed E-state index contributed by atoms with van der Waals surface area (Å²) in [6, 6.07) is -0.557. The lowest BCUT2D eigenvalue weighted by Crippen LogP contribution is -2.40. The Labute approximate surface area is 146 Å². The number of hydrogen-bond acceptors (Lipinski definition) is 6. The topological polar surface area (TPSA) is 104 Å². The molecule has 0 atom stereocenters. The molecular weight excluding hydrogens is 348 g/mol. The summed E-state index contributed by atoms with van der Waals surface area (Å²) in [4.78, 5) is 44.0. The maximum absolute atomic E-state index is 12.1. The molecule has 0 saturated heterocycles. The van der Waals surface area contributed by atoms with E-state index in [1.807, 2.05) is 13.8 Å². The molecule has 3 amide bonds. The van der Waals surface area contributed by atoms with Gasteiger partial charge in [-0.05, 0) is 19.4 Å². The number of thioether (sulfide) groups is 1. The van der Waals surface area contributed by atoms with E-state index in [1.165, 1.54) is 29.2 Å². The molecule has 0 aliphatic carbocycles. The quantitative estimate of drug-likeness (QED) is 0.677. The third-order valence-electron chi connectivity index (χ3n) is 3.22. The van der Waals surface area contributed by atoms with Gasteiger partial charge in [0.05, 0.1) is 16.9 Å². The fourth-order valence-corrected chi connectivity index (χ4v) is 3.72. The van der Waals surface area contributed by atoms with E-state index in [-0.39, 0.29) is 17.9 Å². The Hall–Kier alpha value is -2.13. The van der Waals surface area contributed by atoms with Gasteiger partial charge in [0.1, 0.15) is 10.7 Å². The average Bonchev–Trinajstić information content (AvgIpc) is 2.80. The molecule has 128 valence electrons. The van der Waals surface area contributed by atoms with Crippen LogP contribution in [-0.4, -0.2) is 34.2 Å². The van der Waals surface area contributed by atoms with Gasteiger partial charge in [-0.15, -0.1) is 29.7 Å². The van der Waals surface area contributed by atoms with E-state index >= 15 is 0 Å². The predicted octanol–water partition coefficient (Wildman–Crippen LogP) is 1.85. The molecule has 0 saturated carbocycles. The second kappa shape index (κ2) is 8.11. The van der Waals surface area contributed by atoms with Crippen LogP contribution in [-0.2, 0) is 10.5 Å². The summed E-state index contributed by atoms with van der Waals surface area (Å²) in [5.41, 5.74) is 0.790. The summed E-state index contributed by atoms with van der Waals surface area (Å²) < 4.78 is 0. The minimum absolute atomic E-state index is 0.0890. The molecule has 2 rings (SSSR count). The van der Waals surface area contributed by atoms with Crippen LogP contribution >= 0.6 is 23.1 Å². The first-order valence-electron chi connectivity index (χ1n) is 7.17. The Bertz CT molecular complexity index is 841. The Morgan fingerprint density at radius 1 is 1.42 bits per heavy atom. The first-order chi connectivity index (χ1) is 11.4. The molecule has 7 nitrogen and oxygen atoms in total. The van der Waals surface area contributed by atoms with Crippen LogP contribution in [0.15, 0.2) is 17.4 Å². The number of amides is 3. The zero-order chi connectivity index (χ0) is 17.7. The highest BCUT2D eigenvalue weighted by Crippen LogP contribution is 2.26. The molecule has 0 aromatic carbocycles. The van der Waals surface area contributed by atoms with Crippen molar-refractivity contribution in [1.82, 2.24) is 20.6 Å². The molecule has 3 N–H and O–H groups in total. The largest absolute Gasteiger partial charge is 0.334 e. The van der Waals surface area contributed by atoms with Crippen molar-refractivity contribution >= 4 is 45.3 Å². The highest BCUT2D eigenvalue weighted by atomic mass is 32.2. The average molecular weight is 366 g/mol. The van der Waals surface area contributed by atoms with Crippen LogP contribution in [0.1, 0.15) is 16.3 Å². The molecule has 0 radical (unpaired) electrons. The highest BCUT2D eigenvalue weighted by Gasteiger charge is 2.12. The molecule has 0 bridgehead atoms. The predicted molar refractivity (Wildman–Crippen MR) is 97.6 cm³/mol. The third-order valence-corrected chi connectivity index (χ3v) is 5.26. The Morgan fingerprint density at radius 2 is 2.17 bits per heavy atom. The molecule has 0 unspecified atom stereocenters. The fourth-order valence-electron chi connectivity index (χ4n) is 1.98. The number of urea groups is 1. The summed E-state index contributed by atoms with van der Waals surface area (Å²) in [5, 5.41) is 5.28. The number of fused-ring (bicyclic) bond motifs is 1. The lowest BCUT2D eigenvalue weighted by atomic mass is 10.2. The van der Waals surface area contributed by atoms with Crippen molar-refractivity contribution in [2.75, 3.05) is 12.3 Å². The molecule has 9 heteroatoms. The molecular formula is C15H18N4O3S2. The van der Waals surface area contributed by atoms with Crippen molar-refractivity contribution in [3.05, 3.63) is 39.3 Å². The number of aromatic amines is 1. The summed E-state index contributed by atoms with van der Waals surface area (Å²) in [7, 11) is 0. The standard InChI is InChI=1S/C15H18N4O3S2/c1-4-5-16-15(22)19-11(20)7-23-6-10-17-13(21)12-8(2)9(3)24-14(12)18-10/h4H,1,5-7H2,2-3H3,(H,17,18,21)(H2,16,19,20,22). The Kier molecular flexibility index (Phi) is 6.16. The van der Waals surface area contributed by atoms with Gasteiger partial charge in [-0.25, -0.2) is 9.78 Å². The van der Waals surface area contributed by atoms with E-state index in [1.54, 1.807) is 0 Å². The molecule has 0 aliphatic rings. The van der Waals surface area contributed by atoms with Gasteiger partial charge in [0, 0.05) is 11.4 Å². The lowest BCUT2D eigenvalue weighted by molar-refractivity contribution is -0.117. The monoisotopic (exact) mass is 366 g/mol. The number of thiophene rings is 1. The first-order valence-corrected chi connectivity index (χ1v) is 9.14. The van der Waals surface area contributed by atoms with Crippen molar-refractivity contribution in [3.63, 3.8) is 0 Å². The van der Waals surface area contributed by atoms with Crippen molar-refractivity contribution in [3.8, 4) is 0 Å². The maximum atomic E-state index is 12.1. The van der Waals surface area contributed by atoms with Crippen LogP contribution in [0.25, 0.3) is 10.2 Å². The van der Waals surface area contributed by atoms with Crippen LogP contribution in [0.3, 0.4) is 0 Å². The minimum Gasteiger partial charge on any atom is -0.334 e. The van der Waals surface area contributed by atoms with Gasteiger partial charge in [-0.2, -0.15) is 0 Å². The first kappa shape index (κ1) is 18.2. The molecule has 24 heavy (non-hydrogen) atoms. The van der Waals surface area contributed by atoms with E-state index in [4.69, 9.17) is 0 Å². The Morgan fingerprint density at radius 3 is 2.88 bits per heavy atom. The van der Waals surface area contributed by atoms with Crippen LogP contribution in [0.2, 0.25) is 0 Å². The van der Waals surface area contributed by atoms with Gasteiger partial charge in [0.25, 0.3) is 5.56 Å². The second-order valence-electron chi connectivity index (χ2n) is 5.02. The Balaban J connectivity index is 1.92. The second-order valence-corrected chi connectivity index (χ2v) is 7.20. The van der Waals surface area contributed by atoms with E-state index in [0.29, 0.717) is 21.8 Å². The van der Waals surface area contributed by atoms with Gasteiger partial charge < -0.3 is 10.3 Å². The van der Waals surface area contributed by atoms with Crippen molar-refractivity contribution < 1.29 is 9.59 Å². The SMILES string of the molecule is C=CCNC(=O)NC(=O)CSCc1nc2sc(C)c(C)c2c(=O)[nH]1. The van der Waals surface area contributed by atoms with Crippen LogP contribution in [0.4, 0.5) is 4.79 Å². The van der Waals surface area contributed by atoms with Crippen molar-refractivity contribution in [2.24, 2.45) is 0 Å². The molecule has 2 heterocycles. The fraction of sp³-hybridized carbons (Fsp3) is 0.333. The molecule has 0 spiro atoms. The van der Waals surface area contributed by atoms with E-state index < -0.39 is 11.9 Å². The zero-order valence-electron chi connectivity index (χ0n) is 13.4. The molecule has 2 aromatic heterocycles. The number of carbonyl (C=O) groups excluding carboxylic acids is 2. The van der Waals surface area contributed by atoms with E-state index in [0.717, 1.165) is 10.4 Å². The lowest BCUT2D eigenvalue weighted by Gasteiger charge is -2.04. The van der Waals surface area contributed by atoms with E-state index in [9.17, 15) is 14.4 Å². The summed E-state index contributed by atoms with van der Waals surface area (Å²) in [5.74, 6) is 0.574. The number of nitrogens with zero attached hydrogens (tertiary/aromatic N) is 1. The summed E-state index contributed by atoms with van der Waals surface area (Å²) >= 11 is 2.75. The zero-order valence-corrected chi connectivity index (χ0v) is 15.0. The summed E-state index contributed by atoms with van der Waals surface area (Å²) in [6.45, 7) is 7.61. The maximum Gasteiger partial charge on any atom is 0.321 e. The number of rotatable bonds is 6. The van der Waals surface area contributed by atoms with Crippen LogP contribution in [0.5, 0.6) is 0 Å². The highest BCUT2D eigenvalue weighted by molar-refractivity contribution is 7.99. The number of hydrogen-bond donors (Lipinski definition) is 3. The normalized spacial score (nSPS) is 10.6. The van der Waals surface area contributed by atoms with Gasteiger partial charge in [-0.3, -0.25) is 14.9 Å². The van der Waals surface area contributed by atoms with Crippen molar-refractivity contribution in [1.29, 1.82) is 0 Å². The van der Waals surface area contributed by atoms with Gasteiger partial charge in [-0.1, -0.05) is 6.08 Å². The van der Waals surface area contributed by atoms with Crippen LogP contribution in [0, 0.1) is 13.8 Å². The summed E-state index contributed by atoms with van der Waals surface area (Å²) in [6.07, 6.45) is 1.52. The van der Waals surface area contributed by atoms with Gasteiger partial charge in [0.2, 0.25) is 5.91 Å². The number of aromatic nitrogens is 2. The minimum atomic E-state index is -0.557. The van der Waals surface area contributed by atoms with Gasteiger partial charge >= 0.3 is 6.03 Å². The smallest absolute Gasteiger partial charge is 0.321 e. The van der Waals surface area contributed by atoms with Crippen molar-refractivity contribution in [2.45, 2.75) is 19.6 Å². The number of imide groups is 1. The van der Waals surface area contributed by atoms with Crippen LogP contribution < -0.4 is 16.2 Å². The number of nitrogens with one attached hydrogen (secondary N) is 3. The third kappa shape index (κ3) is 4.45. The number of H-pyrrole nitrogens is 1. The number of aryl methyl sites for hydroxylation is 2. The van der Waals surface area contributed by atoms with E-state index in [2.05, 4.69) is 27.2 Å². The molecule has 2 aromatic rings. The van der Waals surface area contributed by atoms with Gasteiger partial charge in [0.15, 0.2) is 0 Å². The molecule has 0 fully saturated rings. The number of carbonyl (C=O) groups is 2.